The summed E-state index contributed by atoms with van der Waals surface area (Å²) in [4.78, 5) is 0. The Bertz CT molecular complexity index is 331. The molecule has 0 radical (unpaired) electrons. The maximum Gasteiger partial charge on any atom is 0.119 e. The van der Waals surface area contributed by atoms with Gasteiger partial charge in [0.15, 0.2) is 0 Å². The number of methoxy groups -OCH3 is 1. The van der Waals surface area contributed by atoms with Crippen LogP contribution in [0, 0.1) is 0 Å². The van der Waals surface area contributed by atoms with Gasteiger partial charge in [0.2, 0.25) is 0 Å². The first-order valence-electron chi connectivity index (χ1n) is 5.22. The van der Waals surface area contributed by atoms with Gasteiger partial charge in [-0.3, -0.25) is 0 Å². The second-order valence-electron chi connectivity index (χ2n) is 3.79. The van der Waals surface area contributed by atoms with Crippen LogP contribution in [0.4, 0.5) is 0 Å². The lowest BCUT2D eigenvalue weighted by molar-refractivity contribution is 0.414. The minimum atomic E-state index is 0.942. The zero-order valence-corrected chi connectivity index (χ0v) is 8.62. The highest BCUT2D eigenvalue weighted by molar-refractivity contribution is 5.55. The van der Waals surface area contributed by atoms with E-state index in [1.54, 1.807) is 12.7 Å². The highest BCUT2D eigenvalue weighted by Crippen LogP contribution is 2.26. The zero-order chi connectivity index (χ0) is 9.80. The van der Waals surface area contributed by atoms with Gasteiger partial charge in [-0.2, -0.15) is 0 Å². The molecule has 1 heteroatoms. The van der Waals surface area contributed by atoms with Crippen molar-refractivity contribution >= 4 is 6.08 Å². The molecular weight excluding hydrogens is 172 g/mol. The van der Waals surface area contributed by atoms with E-state index >= 15 is 0 Å². The Labute approximate surface area is 85.4 Å². The first kappa shape index (κ1) is 9.32. The normalized spacial score (nSPS) is 15.6. The van der Waals surface area contributed by atoms with E-state index in [1.165, 1.54) is 31.2 Å². The summed E-state index contributed by atoms with van der Waals surface area (Å²) in [5, 5.41) is 0. The fourth-order valence-corrected chi connectivity index (χ4v) is 1.94. The van der Waals surface area contributed by atoms with E-state index in [4.69, 9.17) is 4.74 Å². The average molecular weight is 188 g/mol. The van der Waals surface area contributed by atoms with Gasteiger partial charge in [-0.25, -0.2) is 0 Å². The largest absolute Gasteiger partial charge is 0.497 e. The van der Waals surface area contributed by atoms with E-state index in [2.05, 4.69) is 18.2 Å². The number of benzene rings is 1. The van der Waals surface area contributed by atoms with Crippen molar-refractivity contribution in [3.05, 3.63) is 35.4 Å². The molecule has 0 unspecified atom stereocenters. The Morgan fingerprint density at radius 1 is 1.21 bits per heavy atom. The van der Waals surface area contributed by atoms with E-state index in [0.29, 0.717) is 0 Å². The van der Waals surface area contributed by atoms with E-state index in [1.807, 2.05) is 12.1 Å². The topological polar surface area (TPSA) is 9.23 Å². The highest BCUT2D eigenvalue weighted by Gasteiger charge is 2.05. The summed E-state index contributed by atoms with van der Waals surface area (Å²) in [5.41, 5.74) is 2.85. The lowest BCUT2D eigenvalue weighted by atomic mass is 10.1. The van der Waals surface area contributed by atoms with Crippen LogP contribution in [0.3, 0.4) is 0 Å². The number of hydrogen-bond donors (Lipinski definition) is 0. The Morgan fingerprint density at radius 3 is 2.71 bits per heavy atom. The summed E-state index contributed by atoms with van der Waals surface area (Å²) in [5.74, 6) is 0.942. The van der Waals surface area contributed by atoms with Crippen LogP contribution in [-0.4, -0.2) is 7.11 Å². The van der Waals surface area contributed by atoms with Crippen LogP contribution < -0.4 is 4.74 Å². The molecule has 0 saturated heterocycles. The van der Waals surface area contributed by atoms with Gasteiger partial charge in [0.05, 0.1) is 7.11 Å². The summed E-state index contributed by atoms with van der Waals surface area (Å²) in [6.07, 6.45) is 7.57. The zero-order valence-electron chi connectivity index (χ0n) is 8.62. The van der Waals surface area contributed by atoms with Crippen LogP contribution in [0.2, 0.25) is 0 Å². The molecule has 14 heavy (non-hydrogen) atoms. The number of ether oxygens (including phenoxy) is 1. The quantitative estimate of drug-likeness (QED) is 0.688. The van der Waals surface area contributed by atoms with Crippen LogP contribution in [0.15, 0.2) is 29.8 Å². The standard InChI is InChI=1S/C13H16O/c1-14-13-8-4-7-12(10-13)9-11-5-2-3-6-11/h4,7-10H,2-3,5-6H2,1H3. The van der Waals surface area contributed by atoms with Gasteiger partial charge in [0, 0.05) is 0 Å². The van der Waals surface area contributed by atoms with Gasteiger partial charge in [0.25, 0.3) is 0 Å². The average Bonchev–Trinajstić information content (AvgIpc) is 2.71. The molecular formula is C13H16O. The first-order chi connectivity index (χ1) is 6.88. The number of hydrogen-bond acceptors (Lipinski definition) is 1. The van der Waals surface area contributed by atoms with Crippen molar-refractivity contribution in [3.8, 4) is 5.75 Å². The van der Waals surface area contributed by atoms with Crippen molar-refractivity contribution in [2.24, 2.45) is 0 Å². The molecule has 0 amide bonds. The molecule has 1 aromatic rings. The van der Waals surface area contributed by atoms with Crippen LogP contribution in [0.25, 0.3) is 6.08 Å². The molecule has 0 heterocycles. The Kier molecular flexibility index (Phi) is 2.87. The van der Waals surface area contributed by atoms with Gasteiger partial charge in [-0.15, -0.1) is 0 Å². The van der Waals surface area contributed by atoms with Crippen molar-refractivity contribution in [1.29, 1.82) is 0 Å². The molecule has 1 nitrogen and oxygen atoms in total. The third kappa shape index (κ3) is 2.16. The molecule has 0 atom stereocenters. The van der Waals surface area contributed by atoms with Gasteiger partial charge in [-0.1, -0.05) is 23.8 Å². The molecule has 0 aliphatic heterocycles. The van der Waals surface area contributed by atoms with E-state index < -0.39 is 0 Å². The summed E-state index contributed by atoms with van der Waals surface area (Å²) in [7, 11) is 1.71. The summed E-state index contributed by atoms with van der Waals surface area (Å²) in [6.45, 7) is 0. The minimum absolute atomic E-state index is 0.942. The molecule has 0 N–H and O–H groups in total. The van der Waals surface area contributed by atoms with Gasteiger partial charge in [-0.05, 0) is 43.4 Å². The lowest BCUT2D eigenvalue weighted by Crippen LogP contribution is -1.83. The minimum Gasteiger partial charge on any atom is -0.497 e. The SMILES string of the molecule is COc1cccc(C=C2CCCC2)c1. The van der Waals surface area contributed by atoms with Crippen molar-refractivity contribution in [2.75, 3.05) is 7.11 Å². The Morgan fingerprint density at radius 2 is 2.00 bits per heavy atom. The van der Waals surface area contributed by atoms with Gasteiger partial charge in [0.1, 0.15) is 5.75 Å². The predicted octanol–water partition coefficient (Wildman–Crippen LogP) is 3.65. The van der Waals surface area contributed by atoms with Crippen molar-refractivity contribution in [1.82, 2.24) is 0 Å². The van der Waals surface area contributed by atoms with Crippen LogP contribution >= 0.6 is 0 Å². The van der Waals surface area contributed by atoms with Crippen molar-refractivity contribution in [2.45, 2.75) is 25.7 Å². The van der Waals surface area contributed by atoms with E-state index in [9.17, 15) is 0 Å². The van der Waals surface area contributed by atoms with Crippen LogP contribution in [-0.2, 0) is 0 Å². The Hall–Kier alpha value is -1.24. The van der Waals surface area contributed by atoms with Crippen LogP contribution in [0.5, 0.6) is 5.75 Å². The van der Waals surface area contributed by atoms with E-state index in [-0.39, 0.29) is 0 Å². The monoisotopic (exact) mass is 188 g/mol. The molecule has 0 spiro atoms. The summed E-state index contributed by atoms with van der Waals surface area (Å²) >= 11 is 0. The van der Waals surface area contributed by atoms with E-state index in [0.717, 1.165) is 5.75 Å². The smallest absolute Gasteiger partial charge is 0.119 e. The highest BCUT2D eigenvalue weighted by atomic mass is 16.5. The predicted molar refractivity (Wildman–Crippen MR) is 59.4 cm³/mol. The van der Waals surface area contributed by atoms with Crippen molar-refractivity contribution in [3.63, 3.8) is 0 Å². The number of rotatable bonds is 2. The molecule has 1 fully saturated rings. The fraction of sp³-hybridized carbons (Fsp3) is 0.385. The fourth-order valence-electron chi connectivity index (χ4n) is 1.94. The molecule has 1 aliphatic rings. The molecule has 0 aromatic heterocycles. The molecule has 2 rings (SSSR count). The maximum atomic E-state index is 5.19. The van der Waals surface area contributed by atoms with Gasteiger partial charge < -0.3 is 4.74 Å². The summed E-state index contributed by atoms with van der Waals surface area (Å²) in [6, 6.07) is 8.25. The molecule has 1 saturated carbocycles. The third-order valence-electron chi connectivity index (χ3n) is 2.71. The third-order valence-corrected chi connectivity index (χ3v) is 2.71. The second-order valence-corrected chi connectivity index (χ2v) is 3.79. The van der Waals surface area contributed by atoms with Crippen LogP contribution in [0.1, 0.15) is 31.2 Å². The Balaban J connectivity index is 2.19. The van der Waals surface area contributed by atoms with Gasteiger partial charge >= 0.3 is 0 Å². The molecule has 1 aliphatic carbocycles. The number of allylic oxidation sites excluding steroid dienone is 1. The maximum absolute atomic E-state index is 5.19. The van der Waals surface area contributed by atoms with Crippen molar-refractivity contribution < 1.29 is 4.74 Å². The lowest BCUT2D eigenvalue weighted by Gasteiger charge is -2.01. The molecule has 0 bridgehead atoms. The first-order valence-corrected chi connectivity index (χ1v) is 5.22. The molecule has 1 aromatic carbocycles. The molecule has 74 valence electrons. The second kappa shape index (κ2) is 4.32. The summed E-state index contributed by atoms with van der Waals surface area (Å²) < 4.78 is 5.19.